The van der Waals surface area contributed by atoms with Gasteiger partial charge in [-0.15, -0.1) is 0 Å². The molecule has 1 aliphatic rings. The Morgan fingerprint density at radius 3 is 2.90 bits per heavy atom. The summed E-state index contributed by atoms with van der Waals surface area (Å²) in [5.74, 6) is -0.240. The zero-order valence-electron chi connectivity index (χ0n) is 11.3. The van der Waals surface area contributed by atoms with Crippen molar-refractivity contribution in [2.45, 2.75) is 12.3 Å². The third kappa shape index (κ3) is 2.81. The molecule has 3 rings (SSSR count). The monoisotopic (exact) mass is 286 g/mol. The smallest absolute Gasteiger partial charge is 0.232 e. The first kappa shape index (κ1) is 13.4. The van der Waals surface area contributed by atoms with Crippen molar-refractivity contribution < 1.29 is 13.9 Å². The zero-order chi connectivity index (χ0) is 14.8. The fraction of sp³-hybridized carbons (Fsp3) is 0.188. The number of nitrogens with one attached hydrogen (secondary N) is 1. The summed E-state index contributed by atoms with van der Waals surface area (Å²) < 4.78 is 18.8. The highest BCUT2D eigenvalue weighted by Crippen LogP contribution is 2.34. The number of nitrogen functional groups attached to an aromatic ring is 1. The van der Waals surface area contributed by atoms with Crippen LogP contribution in [0.25, 0.3) is 0 Å². The second-order valence-electron chi connectivity index (χ2n) is 4.99. The van der Waals surface area contributed by atoms with Crippen molar-refractivity contribution in [3.05, 3.63) is 53.8 Å². The molecule has 0 saturated carbocycles. The number of hydrogen-bond donors (Lipinski definition) is 2. The standard InChI is InChI=1S/C16H15FN2O2/c17-10-7-11(18)9-12(8-10)19-16(20)14-5-6-21-15-4-2-1-3-13(14)15/h1-4,7-9,14H,5-6,18H2,(H,19,20). The number of amides is 1. The van der Waals surface area contributed by atoms with E-state index in [1.807, 2.05) is 24.3 Å². The molecule has 0 radical (unpaired) electrons. The van der Waals surface area contributed by atoms with Crippen LogP contribution in [-0.4, -0.2) is 12.5 Å². The van der Waals surface area contributed by atoms with Gasteiger partial charge < -0.3 is 15.8 Å². The second kappa shape index (κ2) is 5.44. The summed E-state index contributed by atoms with van der Waals surface area (Å²) in [7, 11) is 0. The van der Waals surface area contributed by atoms with Crippen molar-refractivity contribution in [2.75, 3.05) is 17.7 Å². The summed E-state index contributed by atoms with van der Waals surface area (Å²) in [4.78, 5) is 12.4. The van der Waals surface area contributed by atoms with Gasteiger partial charge in [0.15, 0.2) is 0 Å². The Bertz CT molecular complexity index is 667. The molecule has 0 aromatic heterocycles. The van der Waals surface area contributed by atoms with Crippen molar-refractivity contribution >= 4 is 17.3 Å². The Kier molecular flexibility index (Phi) is 3.48. The van der Waals surface area contributed by atoms with E-state index in [0.29, 0.717) is 18.7 Å². The summed E-state index contributed by atoms with van der Waals surface area (Å²) in [6.45, 7) is 0.486. The van der Waals surface area contributed by atoms with Gasteiger partial charge in [0.25, 0.3) is 0 Å². The van der Waals surface area contributed by atoms with E-state index in [-0.39, 0.29) is 17.5 Å². The molecule has 0 aliphatic carbocycles. The molecule has 21 heavy (non-hydrogen) atoms. The van der Waals surface area contributed by atoms with Crippen LogP contribution in [0.4, 0.5) is 15.8 Å². The molecule has 2 aromatic carbocycles. The highest BCUT2D eigenvalue weighted by Gasteiger charge is 2.27. The van der Waals surface area contributed by atoms with Gasteiger partial charge in [-0.05, 0) is 30.7 Å². The van der Waals surface area contributed by atoms with Crippen LogP contribution in [-0.2, 0) is 4.79 Å². The lowest BCUT2D eigenvalue weighted by atomic mass is 9.92. The van der Waals surface area contributed by atoms with Gasteiger partial charge in [0, 0.05) is 16.9 Å². The number of rotatable bonds is 2. The minimum atomic E-state index is -0.474. The van der Waals surface area contributed by atoms with Crippen LogP contribution >= 0.6 is 0 Å². The van der Waals surface area contributed by atoms with E-state index in [0.717, 1.165) is 11.3 Å². The quantitative estimate of drug-likeness (QED) is 0.834. The Morgan fingerprint density at radius 2 is 2.10 bits per heavy atom. The van der Waals surface area contributed by atoms with Gasteiger partial charge in [0.05, 0.1) is 12.5 Å². The molecule has 1 atom stereocenters. The molecule has 3 N–H and O–H groups in total. The van der Waals surface area contributed by atoms with Gasteiger partial charge in [-0.3, -0.25) is 4.79 Å². The van der Waals surface area contributed by atoms with E-state index in [9.17, 15) is 9.18 Å². The Hall–Kier alpha value is -2.56. The highest BCUT2D eigenvalue weighted by molar-refractivity contribution is 5.96. The number of para-hydroxylation sites is 1. The molecule has 1 aliphatic heterocycles. The van der Waals surface area contributed by atoms with E-state index < -0.39 is 5.82 Å². The molecule has 1 unspecified atom stereocenters. The Morgan fingerprint density at radius 1 is 1.29 bits per heavy atom. The van der Waals surface area contributed by atoms with Crippen LogP contribution in [0, 0.1) is 5.82 Å². The number of hydrogen-bond acceptors (Lipinski definition) is 3. The van der Waals surface area contributed by atoms with E-state index in [1.165, 1.54) is 18.2 Å². The highest BCUT2D eigenvalue weighted by atomic mass is 19.1. The molecule has 1 heterocycles. The number of carbonyl (C=O) groups excluding carboxylic acids is 1. The van der Waals surface area contributed by atoms with Gasteiger partial charge in [-0.1, -0.05) is 18.2 Å². The van der Waals surface area contributed by atoms with Crippen LogP contribution in [0.3, 0.4) is 0 Å². The first-order chi connectivity index (χ1) is 10.1. The first-order valence-corrected chi connectivity index (χ1v) is 6.72. The fourth-order valence-electron chi connectivity index (χ4n) is 2.53. The minimum absolute atomic E-state index is 0.184. The van der Waals surface area contributed by atoms with E-state index in [4.69, 9.17) is 10.5 Å². The van der Waals surface area contributed by atoms with Crippen LogP contribution < -0.4 is 15.8 Å². The third-order valence-electron chi connectivity index (χ3n) is 3.46. The molecule has 2 aromatic rings. The predicted octanol–water partition coefficient (Wildman–Crippen LogP) is 2.91. The Balaban J connectivity index is 1.83. The number of anilines is 2. The molecule has 1 amide bonds. The van der Waals surface area contributed by atoms with E-state index in [1.54, 1.807) is 0 Å². The Labute approximate surface area is 121 Å². The number of ether oxygens (including phenoxy) is 1. The SMILES string of the molecule is Nc1cc(F)cc(NC(=O)C2CCOc3ccccc32)c1. The zero-order valence-corrected chi connectivity index (χ0v) is 11.3. The summed E-state index contributed by atoms with van der Waals surface area (Å²) in [6, 6.07) is 11.4. The largest absolute Gasteiger partial charge is 0.493 e. The maximum atomic E-state index is 13.3. The molecular weight excluding hydrogens is 271 g/mol. The van der Waals surface area contributed by atoms with Crippen LogP contribution in [0.15, 0.2) is 42.5 Å². The van der Waals surface area contributed by atoms with Gasteiger partial charge >= 0.3 is 0 Å². The van der Waals surface area contributed by atoms with Crippen molar-refractivity contribution in [3.8, 4) is 5.75 Å². The second-order valence-corrected chi connectivity index (χ2v) is 4.99. The number of carbonyl (C=O) groups is 1. The van der Waals surface area contributed by atoms with Gasteiger partial charge in [-0.25, -0.2) is 4.39 Å². The van der Waals surface area contributed by atoms with Gasteiger partial charge in [-0.2, -0.15) is 0 Å². The molecule has 108 valence electrons. The average molecular weight is 286 g/mol. The molecule has 5 heteroatoms. The lowest BCUT2D eigenvalue weighted by molar-refractivity contribution is -0.118. The van der Waals surface area contributed by atoms with Crippen LogP contribution in [0.2, 0.25) is 0 Å². The lowest BCUT2D eigenvalue weighted by Gasteiger charge is -2.25. The molecule has 0 fully saturated rings. The first-order valence-electron chi connectivity index (χ1n) is 6.72. The lowest BCUT2D eigenvalue weighted by Crippen LogP contribution is -2.26. The van der Waals surface area contributed by atoms with E-state index >= 15 is 0 Å². The number of fused-ring (bicyclic) bond motifs is 1. The predicted molar refractivity (Wildman–Crippen MR) is 78.7 cm³/mol. The normalized spacial score (nSPS) is 16.7. The van der Waals surface area contributed by atoms with Crippen molar-refractivity contribution in [3.63, 3.8) is 0 Å². The number of halogens is 1. The fourth-order valence-corrected chi connectivity index (χ4v) is 2.53. The van der Waals surface area contributed by atoms with Crippen LogP contribution in [0.1, 0.15) is 17.9 Å². The summed E-state index contributed by atoms with van der Waals surface area (Å²) in [5, 5.41) is 2.72. The average Bonchev–Trinajstić information content (AvgIpc) is 2.45. The van der Waals surface area contributed by atoms with E-state index in [2.05, 4.69) is 5.32 Å². The van der Waals surface area contributed by atoms with Crippen LogP contribution in [0.5, 0.6) is 5.75 Å². The third-order valence-corrected chi connectivity index (χ3v) is 3.46. The molecule has 0 saturated heterocycles. The number of benzene rings is 2. The minimum Gasteiger partial charge on any atom is -0.493 e. The topological polar surface area (TPSA) is 64.3 Å². The van der Waals surface area contributed by atoms with Crippen molar-refractivity contribution in [2.24, 2.45) is 0 Å². The summed E-state index contributed by atoms with van der Waals surface area (Å²) in [6.07, 6.45) is 0.591. The molecule has 0 bridgehead atoms. The maximum absolute atomic E-state index is 13.3. The van der Waals surface area contributed by atoms with Gasteiger partial charge in [0.1, 0.15) is 11.6 Å². The summed E-state index contributed by atoms with van der Waals surface area (Å²) in [5.41, 5.74) is 7.07. The van der Waals surface area contributed by atoms with Gasteiger partial charge in [0.2, 0.25) is 5.91 Å². The number of nitrogens with two attached hydrogens (primary N) is 1. The maximum Gasteiger partial charge on any atom is 0.232 e. The summed E-state index contributed by atoms with van der Waals surface area (Å²) >= 11 is 0. The van der Waals surface area contributed by atoms with Crippen molar-refractivity contribution in [1.82, 2.24) is 0 Å². The van der Waals surface area contributed by atoms with Crippen molar-refractivity contribution in [1.29, 1.82) is 0 Å². The molecular formula is C16H15FN2O2. The molecule has 0 spiro atoms. The molecule has 4 nitrogen and oxygen atoms in total.